The van der Waals surface area contributed by atoms with E-state index in [0.29, 0.717) is 17.0 Å². The van der Waals surface area contributed by atoms with E-state index in [2.05, 4.69) is 15.5 Å². The predicted octanol–water partition coefficient (Wildman–Crippen LogP) is 4.05. The van der Waals surface area contributed by atoms with E-state index in [4.69, 9.17) is 4.52 Å². The summed E-state index contributed by atoms with van der Waals surface area (Å²) in [6.45, 7) is 1.83. The molecular formula is C21H17N3O2. The number of carbonyl (C=O) groups is 1. The molecule has 2 aromatic carbocycles. The Morgan fingerprint density at radius 3 is 2.23 bits per heavy atom. The number of rotatable bonds is 4. The fourth-order valence-electron chi connectivity index (χ4n) is 2.93. The molecule has 0 radical (unpaired) electrons. The summed E-state index contributed by atoms with van der Waals surface area (Å²) in [6, 6.07) is 21.3. The van der Waals surface area contributed by atoms with Gasteiger partial charge >= 0.3 is 0 Å². The summed E-state index contributed by atoms with van der Waals surface area (Å²) in [4.78, 5) is 17.1. The Bertz CT molecular complexity index is 1000. The minimum Gasteiger partial charge on any atom is -0.341 e. The topological polar surface area (TPSA) is 68.0 Å². The van der Waals surface area contributed by atoms with Crippen LogP contribution in [0, 0.1) is 6.92 Å². The van der Waals surface area contributed by atoms with E-state index in [0.717, 1.165) is 16.5 Å². The molecule has 0 aliphatic heterocycles. The van der Waals surface area contributed by atoms with Crippen molar-refractivity contribution in [3.63, 3.8) is 0 Å². The van der Waals surface area contributed by atoms with Crippen molar-refractivity contribution in [3.8, 4) is 0 Å². The Morgan fingerprint density at radius 2 is 1.62 bits per heavy atom. The van der Waals surface area contributed by atoms with Crippen LogP contribution in [0.2, 0.25) is 0 Å². The summed E-state index contributed by atoms with van der Waals surface area (Å²) >= 11 is 0. The molecule has 0 unspecified atom stereocenters. The molecular weight excluding hydrogens is 326 g/mol. The second-order valence-electron chi connectivity index (χ2n) is 6.07. The number of hydrogen-bond acceptors (Lipinski definition) is 4. The van der Waals surface area contributed by atoms with Gasteiger partial charge in [0.15, 0.2) is 0 Å². The molecule has 128 valence electrons. The lowest BCUT2D eigenvalue weighted by Crippen LogP contribution is -2.29. The Morgan fingerprint density at radius 1 is 1.00 bits per heavy atom. The van der Waals surface area contributed by atoms with Gasteiger partial charge in [-0.3, -0.25) is 4.79 Å². The zero-order valence-electron chi connectivity index (χ0n) is 14.2. The van der Waals surface area contributed by atoms with Crippen LogP contribution >= 0.6 is 0 Å². The van der Waals surface area contributed by atoms with Crippen LogP contribution in [-0.4, -0.2) is 16.0 Å². The standard InChI is InChI=1S/C21H17N3O2/c1-14-18-12-17(13-22-21(18)26-24-14)20(25)23-19(15-8-4-2-5-9-15)16-10-6-3-7-11-16/h2-13,19H,1H3,(H,23,25). The van der Waals surface area contributed by atoms with Crippen LogP contribution < -0.4 is 5.32 Å². The molecule has 0 aliphatic rings. The van der Waals surface area contributed by atoms with E-state index in [1.807, 2.05) is 67.6 Å². The minimum absolute atomic E-state index is 0.197. The summed E-state index contributed by atoms with van der Waals surface area (Å²) in [5.74, 6) is -0.197. The van der Waals surface area contributed by atoms with Gasteiger partial charge in [-0.25, -0.2) is 4.98 Å². The lowest BCUT2D eigenvalue weighted by molar-refractivity contribution is 0.0943. The molecule has 4 aromatic rings. The second-order valence-corrected chi connectivity index (χ2v) is 6.07. The van der Waals surface area contributed by atoms with Crippen LogP contribution in [-0.2, 0) is 0 Å². The number of carbonyl (C=O) groups excluding carboxylic acids is 1. The van der Waals surface area contributed by atoms with Crippen LogP contribution in [0.25, 0.3) is 11.1 Å². The predicted molar refractivity (Wildman–Crippen MR) is 98.7 cm³/mol. The van der Waals surface area contributed by atoms with Gasteiger partial charge in [-0.2, -0.15) is 0 Å². The number of hydrogen-bond donors (Lipinski definition) is 1. The second kappa shape index (κ2) is 6.80. The zero-order valence-corrected chi connectivity index (χ0v) is 14.2. The first-order valence-electron chi connectivity index (χ1n) is 8.35. The fourth-order valence-corrected chi connectivity index (χ4v) is 2.93. The third-order valence-corrected chi connectivity index (χ3v) is 4.31. The highest BCUT2D eigenvalue weighted by molar-refractivity contribution is 5.97. The number of fused-ring (bicyclic) bond motifs is 1. The summed E-state index contributed by atoms with van der Waals surface area (Å²) in [5.41, 5.74) is 3.65. The average Bonchev–Trinajstić information content (AvgIpc) is 3.07. The van der Waals surface area contributed by atoms with Crippen LogP contribution in [0.5, 0.6) is 0 Å². The maximum Gasteiger partial charge on any atom is 0.257 e. The summed E-state index contributed by atoms with van der Waals surface area (Å²) in [6.07, 6.45) is 1.51. The van der Waals surface area contributed by atoms with Crippen LogP contribution in [0.15, 0.2) is 77.4 Å². The first-order chi connectivity index (χ1) is 12.7. The molecule has 0 bridgehead atoms. The maximum absolute atomic E-state index is 12.9. The SMILES string of the molecule is Cc1noc2ncc(C(=O)NC(c3ccccc3)c3ccccc3)cc12. The zero-order chi connectivity index (χ0) is 17.9. The molecule has 1 amide bonds. The number of aromatic nitrogens is 2. The Labute approximate surface area is 150 Å². The van der Waals surface area contributed by atoms with Crippen molar-refractivity contribution in [1.29, 1.82) is 0 Å². The van der Waals surface area contributed by atoms with E-state index in [9.17, 15) is 4.79 Å². The first-order valence-corrected chi connectivity index (χ1v) is 8.35. The van der Waals surface area contributed by atoms with Crippen molar-refractivity contribution in [1.82, 2.24) is 15.5 Å². The Kier molecular flexibility index (Phi) is 4.19. The van der Waals surface area contributed by atoms with E-state index >= 15 is 0 Å². The number of aryl methyl sites for hydroxylation is 1. The van der Waals surface area contributed by atoms with Gasteiger partial charge in [0.25, 0.3) is 11.6 Å². The van der Waals surface area contributed by atoms with Gasteiger partial charge in [0.05, 0.1) is 22.7 Å². The molecule has 2 heterocycles. The number of amides is 1. The van der Waals surface area contributed by atoms with Crippen molar-refractivity contribution < 1.29 is 9.32 Å². The number of nitrogens with zero attached hydrogens (tertiary/aromatic N) is 2. The number of pyridine rings is 1. The highest BCUT2D eigenvalue weighted by Gasteiger charge is 2.19. The molecule has 26 heavy (non-hydrogen) atoms. The molecule has 0 fully saturated rings. The fraction of sp³-hybridized carbons (Fsp3) is 0.0952. The smallest absolute Gasteiger partial charge is 0.257 e. The third-order valence-electron chi connectivity index (χ3n) is 4.31. The summed E-state index contributed by atoms with van der Waals surface area (Å²) in [5, 5.41) is 7.74. The lowest BCUT2D eigenvalue weighted by atomic mass is 9.98. The molecule has 1 N–H and O–H groups in total. The number of benzene rings is 2. The van der Waals surface area contributed by atoms with Crippen molar-refractivity contribution in [2.75, 3.05) is 0 Å². The van der Waals surface area contributed by atoms with Crippen molar-refractivity contribution in [2.24, 2.45) is 0 Å². The van der Waals surface area contributed by atoms with Gasteiger partial charge in [-0.1, -0.05) is 65.8 Å². The van der Waals surface area contributed by atoms with E-state index in [1.54, 1.807) is 6.07 Å². The van der Waals surface area contributed by atoms with Crippen molar-refractivity contribution in [2.45, 2.75) is 13.0 Å². The molecule has 0 saturated carbocycles. The van der Waals surface area contributed by atoms with Crippen LogP contribution in [0.4, 0.5) is 0 Å². The van der Waals surface area contributed by atoms with Crippen molar-refractivity contribution >= 4 is 17.0 Å². The lowest BCUT2D eigenvalue weighted by Gasteiger charge is -2.20. The summed E-state index contributed by atoms with van der Waals surface area (Å²) in [7, 11) is 0. The van der Waals surface area contributed by atoms with Crippen molar-refractivity contribution in [3.05, 3.63) is 95.3 Å². The van der Waals surface area contributed by atoms with Gasteiger partial charge in [-0.05, 0) is 24.1 Å². The molecule has 5 heteroatoms. The molecule has 0 spiro atoms. The minimum atomic E-state index is -0.246. The number of nitrogens with one attached hydrogen (secondary N) is 1. The Hall–Kier alpha value is -3.47. The summed E-state index contributed by atoms with van der Waals surface area (Å²) < 4.78 is 5.11. The molecule has 4 rings (SSSR count). The molecule has 5 nitrogen and oxygen atoms in total. The average molecular weight is 343 g/mol. The molecule has 2 aromatic heterocycles. The van der Waals surface area contributed by atoms with Gasteiger partial charge in [-0.15, -0.1) is 0 Å². The first kappa shape index (κ1) is 16.0. The Balaban J connectivity index is 1.68. The van der Waals surface area contributed by atoms with Gasteiger partial charge in [0.2, 0.25) is 0 Å². The van der Waals surface area contributed by atoms with E-state index in [1.165, 1.54) is 6.20 Å². The largest absolute Gasteiger partial charge is 0.341 e. The van der Waals surface area contributed by atoms with E-state index < -0.39 is 0 Å². The highest BCUT2D eigenvalue weighted by Crippen LogP contribution is 2.23. The highest BCUT2D eigenvalue weighted by atomic mass is 16.5. The monoisotopic (exact) mass is 343 g/mol. The molecule has 0 atom stereocenters. The van der Waals surface area contributed by atoms with Crippen LogP contribution in [0.3, 0.4) is 0 Å². The van der Waals surface area contributed by atoms with Gasteiger partial charge in [0.1, 0.15) is 0 Å². The molecule has 0 saturated heterocycles. The molecule has 0 aliphatic carbocycles. The van der Waals surface area contributed by atoms with Gasteiger partial charge in [0, 0.05) is 6.20 Å². The maximum atomic E-state index is 12.9. The van der Waals surface area contributed by atoms with Gasteiger partial charge < -0.3 is 9.84 Å². The normalized spacial score (nSPS) is 11.0. The quantitative estimate of drug-likeness (QED) is 0.607. The van der Waals surface area contributed by atoms with Crippen LogP contribution in [0.1, 0.15) is 33.2 Å². The van der Waals surface area contributed by atoms with E-state index in [-0.39, 0.29) is 11.9 Å². The third kappa shape index (κ3) is 3.07.